The molecule has 2 heterocycles. The average Bonchev–Trinajstić information content (AvgIpc) is 3.46. The predicted octanol–water partition coefficient (Wildman–Crippen LogP) is 3.45. The van der Waals surface area contributed by atoms with Gasteiger partial charge in [-0.25, -0.2) is 0 Å². The molecule has 0 spiro atoms. The van der Waals surface area contributed by atoms with Gasteiger partial charge in [-0.1, -0.05) is 30.3 Å². The molecule has 1 saturated heterocycles. The van der Waals surface area contributed by atoms with Crippen LogP contribution >= 0.6 is 11.3 Å². The van der Waals surface area contributed by atoms with Crippen molar-refractivity contribution in [2.75, 3.05) is 45.3 Å². The van der Waals surface area contributed by atoms with E-state index in [2.05, 4.69) is 32.6 Å². The molecule has 1 fully saturated rings. The number of amides is 2. The van der Waals surface area contributed by atoms with Gasteiger partial charge in [-0.15, -0.1) is 11.3 Å². The van der Waals surface area contributed by atoms with E-state index in [1.165, 1.54) is 0 Å². The summed E-state index contributed by atoms with van der Waals surface area (Å²) in [4.78, 5) is 31.2. The number of benzene rings is 2. The standard InChI is InChI=1S/C28H34N4O4S/c1-20(30-28(34)27(33)29-19-21-10-12-22(35-2)13-11-21)26(25-9-6-18-37-25)32-16-14-31(15-17-32)23-7-4-5-8-24(23)36-3/h4-13,18,20,26H,14-17,19H2,1-3H3,(H,29,33)(H,30,34)/t20-,26+/m1/s1. The van der Waals surface area contributed by atoms with Gasteiger partial charge in [0.1, 0.15) is 11.5 Å². The summed E-state index contributed by atoms with van der Waals surface area (Å²) in [7, 11) is 3.30. The number of hydrogen-bond donors (Lipinski definition) is 2. The van der Waals surface area contributed by atoms with Crippen LogP contribution in [0.4, 0.5) is 5.69 Å². The van der Waals surface area contributed by atoms with Crippen LogP contribution in [-0.4, -0.2) is 63.2 Å². The Morgan fingerprint density at radius 1 is 0.919 bits per heavy atom. The number of nitrogens with one attached hydrogen (secondary N) is 2. The van der Waals surface area contributed by atoms with Crippen molar-refractivity contribution in [1.29, 1.82) is 0 Å². The number of carbonyl (C=O) groups excluding carboxylic acids is 2. The number of rotatable bonds is 9. The summed E-state index contributed by atoms with van der Waals surface area (Å²) < 4.78 is 10.7. The second kappa shape index (κ2) is 12.6. The molecule has 0 bridgehead atoms. The quantitative estimate of drug-likeness (QED) is 0.419. The first-order valence-corrected chi connectivity index (χ1v) is 13.2. The van der Waals surface area contributed by atoms with Gasteiger partial charge in [-0.3, -0.25) is 14.5 Å². The van der Waals surface area contributed by atoms with Crippen LogP contribution in [0, 0.1) is 0 Å². The Kier molecular flexibility index (Phi) is 9.03. The molecule has 0 unspecified atom stereocenters. The van der Waals surface area contributed by atoms with Crippen LogP contribution in [0.2, 0.25) is 0 Å². The topological polar surface area (TPSA) is 83.1 Å². The van der Waals surface area contributed by atoms with E-state index in [-0.39, 0.29) is 18.6 Å². The Morgan fingerprint density at radius 2 is 1.65 bits per heavy atom. The first-order chi connectivity index (χ1) is 18.0. The lowest BCUT2D eigenvalue weighted by Gasteiger charge is -2.42. The van der Waals surface area contributed by atoms with Crippen molar-refractivity contribution in [3.05, 3.63) is 76.5 Å². The van der Waals surface area contributed by atoms with Crippen LogP contribution in [0.1, 0.15) is 23.4 Å². The van der Waals surface area contributed by atoms with Crippen molar-refractivity contribution >= 4 is 28.8 Å². The molecular formula is C28H34N4O4S. The maximum absolute atomic E-state index is 12.8. The molecule has 37 heavy (non-hydrogen) atoms. The second-order valence-corrected chi connectivity index (χ2v) is 9.93. The van der Waals surface area contributed by atoms with Crippen LogP contribution < -0.4 is 25.0 Å². The maximum Gasteiger partial charge on any atom is 0.309 e. The van der Waals surface area contributed by atoms with Crippen LogP contribution in [0.5, 0.6) is 11.5 Å². The fourth-order valence-corrected chi connectivity index (χ4v) is 5.66. The summed E-state index contributed by atoms with van der Waals surface area (Å²) in [6.45, 7) is 5.56. The van der Waals surface area contributed by atoms with Gasteiger partial charge < -0.3 is 25.0 Å². The predicted molar refractivity (Wildman–Crippen MR) is 146 cm³/mol. The Bertz CT molecular complexity index is 1160. The lowest BCUT2D eigenvalue weighted by Crippen LogP contribution is -2.53. The van der Waals surface area contributed by atoms with Crippen molar-refractivity contribution in [3.63, 3.8) is 0 Å². The highest BCUT2D eigenvalue weighted by Gasteiger charge is 2.32. The third-order valence-electron chi connectivity index (χ3n) is 6.62. The Hall–Kier alpha value is -3.56. The average molecular weight is 523 g/mol. The molecule has 2 aromatic carbocycles. The van der Waals surface area contributed by atoms with Crippen LogP contribution in [0.25, 0.3) is 0 Å². The van der Waals surface area contributed by atoms with Gasteiger partial charge in [-0.2, -0.15) is 0 Å². The van der Waals surface area contributed by atoms with Crippen LogP contribution in [0.15, 0.2) is 66.0 Å². The number of nitrogens with zero attached hydrogens (tertiary/aromatic N) is 2. The monoisotopic (exact) mass is 522 g/mol. The molecular weight excluding hydrogens is 488 g/mol. The lowest BCUT2D eigenvalue weighted by atomic mass is 10.0. The maximum atomic E-state index is 12.8. The number of anilines is 1. The van der Waals surface area contributed by atoms with E-state index in [0.29, 0.717) is 0 Å². The summed E-state index contributed by atoms with van der Waals surface area (Å²) in [6, 6.07) is 19.3. The van der Waals surface area contributed by atoms with Gasteiger partial charge in [-0.05, 0) is 48.2 Å². The molecule has 1 aromatic heterocycles. The van der Waals surface area contributed by atoms with Crippen molar-refractivity contribution in [2.24, 2.45) is 0 Å². The number of ether oxygens (including phenoxy) is 2. The normalized spacial score (nSPS) is 15.5. The molecule has 0 aliphatic carbocycles. The molecule has 0 radical (unpaired) electrons. The van der Waals surface area contributed by atoms with Crippen molar-refractivity contribution in [3.8, 4) is 11.5 Å². The Labute approximate surface area is 222 Å². The number of thiophene rings is 1. The highest BCUT2D eigenvalue weighted by atomic mass is 32.1. The Balaban J connectivity index is 1.36. The highest BCUT2D eigenvalue weighted by molar-refractivity contribution is 7.10. The Morgan fingerprint density at radius 3 is 2.30 bits per heavy atom. The molecule has 9 heteroatoms. The summed E-state index contributed by atoms with van der Waals surface area (Å²) in [6.07, 6.45) is 0. The van der Waals surface area contributed by atoms with Crippen molar-refractivity contribution in [2.45, 2.75) is 25.6 Å². The van der Waals surface area contributed by atoms with Crippen LogP contribution in [0.3, 0.4) is 0 Å². The first kappa shape index (κ1) is 26.5. The van der Waals surface area contributed by atoms with E-state index in [4.69, 9.17) is 9.47 Å². The fraction of sp³-hybridized carbons (Fsp3) is 0.357. The zero-order valence-corrected chi connectivity index (χ0v) is 22.3. The molecule has 2 N–H and O–H groups in total. The molecule has 2 atom stereocenters. The third kappa shape index (κ3) is 6.61. The molecule has 196 valence electrons. The van der Waals surface area contributed by atoms with E-state index in [1.54, 1.807) is 25.6 Å². The third-order valence-corrected chi connectivity index (χ3v) is 7.56. The van der Waals surface area contributed by atoms with E-state index in [0.717, 1.165) is 53.8 Å². The first-order valence-electron chi connectivity index (χ1n) is 12.4. The van der Waals surface area contributed by atoms with Crippen LogP contribution in [-0.2, 0) is 16.1 Å². The second-order valence-electron chi connectivity index (χ2n) is 8.95. The molecule has 2 amide bonds. The minimum absolute atomic E-state index is 0.0295. The molecule has 0 saturated carbocycles. The van der Waals surface area contributed by atoms with E-state index in [1.807, 2.05) is 60.8 Å². The summed E-state index contributed by atoms with van der Waals surface area (Å²) >= 11 is 1.66. The molecule has 3 aromatic rings. The van der Waals surface area contributed by atoms with Crippen molar-refractivity contribution < 1.29 is 19.1 Å². The number of para-hydroxylation sites is 2. The fourth-order valence-electron chi connectivity index (χ4n) is 4.69. The van der Waals surface area contributed by atoms with E-state index in [9.17, 15) is 9.59 Å². The molecule has 1 aliphatic rings. The van der Waals surface area contributed by atoms with Gasteiger partial charge in [0, 0.05) is 43.6 Å². The number of piperazine rings is 1. The summed E-state index contributed by atoms with van der Waals surface area (Å²) in [5, 5.41) is 7.69. The largest absolute Gasteiger partial charge is 0.497 e. The highest BCUT2D eigenvalue weighted by Crippen LogP contribution is 2.32. The minimum atomic E-state index is -0.645. The molecule has 1 aliphatic heterocycles. The minimum Gasteiger partial charge on any atom is -0.497 e. The van der Waals surface area contributed by atoms with Gasteiger partial charge in [0.15, 0.2) is 0 Å². The summed E-state index contributed by atoms with van der Waals surface area (Å²) in [5.41, 5.74) is 1.98. The number of methoxy groups -OCH3 is 2. The lowest BCUT2D eigenvalue weighted by molar-refractivity contribution is -0.140. The molecule has 4 rings (SSSR count). The zero-order chi connectivity index (χ0) is 26.2. The van der Waals surface area contributed by atoms with Gasteiger partial charge in [0.2, 0.25) is 0 Å². The molecule has 8 nitrogen and oxygen atoms in total. The summed E-state index contributed by atoms with van der Waals surface area (Å²) in [5.74, 6) is 0.334. The SMILES string of the molecule is COc1ccc(CNC(=O)C(=O)N[C@H](C)[C@@H](c2cccs2)N2CCN(c3ccccc3OC)CC2)cc1. The van der Waals surface area contributed by atoms with E-state index >= 15 is 0 Å². The smallest absolute Gasteiger partial charge is 0.309 e. The zero-order valence-electron chi connectivity index (χ0n) is 21.5. The number of hydrogen-bond acceptors (Lipinski definition) is 7. The van der Waals surface area contributed by atoms with Gasteiger partial charge >= 0.3 is 11.8 Å². The van der Waals surface area contributed by atoms with E-state index < -0.39 is 11.8 Å². The number of carbonyl (C=O) groups is 2. The van der Waals surface area contributed by atoms with Gasteiger partial charge in [0.25, 0.3) is 0 Å². The van der Waals surface area contributed by atoms with Crippen molar-refractivity contribution in [1.82, 2.24) is 15.5 Å². The van der Waals surface area contributed by atoms with Gasteiger partial charge in [0.05, 0.1) is 25.9 Å².